The minimum Gasteiger partial charge on any atom is -0.497 e. The lowest BCUT2D eigenvalue weighted by Crippen LogP contribution is -2.44. The number of alkyl halides is 1. The molecule has 1 fully saturated rings. The van der Waals surface area contributed by atoms with E-state index < -0.39 is 29.7 Å². The van der Waals surface area contributed by atoms with E-state index in [1.807, 2.05) is 4.90 Å². The number of aromatic nitrogens is 1. The SMILES string of the molecule is COc1ccc2nccc([C@H](F)CC[C@@H]3CCN(CC#Cc4cc(F)ccc4F)C[C@@H]3C(=O)O)c2c1. The van der Waals surface area contributed by atoms with Crippen molar-refractivity contribution in [3.8, 4) is 17.6 Å². The van der Waals surface area contributed by atoms with Crippen LogP contribution in [-0.2, 0) is 4.79 Å². The molecule has 1 aromatic heterocycles. The summed E-state index contributed by atoms with van der Waals surface area (Å²) in [7, 11) is 1.55. The van der Waals surface area contributed by atoms with Gasteiger partial charge in [-0.1, -0.05) is 11.8 Å². The van der Waals surface area contributed by atoms with Crippen LogP contribution in [0.5, 0.6) is 5.75 Å². The van der Waals surface area contributed by atoms with E-state index >= 15 is 4.39 Å². The molecule has 0 aliphatic carbocycles. The normalized spacial score (nSPS) is 18.9. The number of hydrogen-bond donors (Lipinski definition) is 1. The number of ether oxygens (including phenoxy) is 1. The third kappa shape index (κ3) is 5.97. The summed E-state index contributed by atoms with van der Waals surface area (Å²) in [6, 6.07) is 10.1. The van der Waals surface area contributed by atoms with Crippen LogP contribution in [0.15, 0.2) is 48.7 Å². The molecule has 0 bridgehead atoms. The molecule has 4 rings (SSSR count). The van der Waals surface area contributed by atoms with Gasteiger partial charge in [-0.25, -0.2) is 13.2 Å². The fraction of sp³-hybridized carbons (Fsp3) is 0.357. The number of hydrogen-bond acceptors (Lipinski definition) is 4. The van der Waals surface area contributed by atoms with Crippen LogP contribution >= 0.6 is 0 Å². The Hall–Kier alpha value is -3.57. The van der Waals surface area contributed by atoms with Crippen LogP contribution in [0.4, 0.5) is 13.2 Å². The molecule has 0 amide bonds. The van der Waals surface area contributed by atoms with Crippen molar-refractivity contribution in [3.05, 3.63) is 71.4 Å². The lowest BCUT2D eigenvalue weighted by Gasteiger charge is -2.35. The molecule has 0 unspecified atom stereocenters. The van der Waals surface area contributed by atoms with E-state index in [0.717, 1.165) is 18.2 Å². The number of pyridine rings is 1. The van der Waals surface area contributed by atoms with Gasteiger partial charge in [0.15, 0.2) is 0 Å². The summed E-state index contributed by atoms with van der Waals surface area (Å²) in [5, 5.41) is 10.5. The smallest absolute Gasteiger partial charge is 0.308 e. The summed E-state index contributed by atoms with van der Waals surface area (Å²) in [6.45, 7) is 1.11. The Kier molecular flexibility index (Phi) is 8.11. The van der Waals surface area contributed by atoms with Gasteiger partial charge < -0.3 is 9.84 Å². The fourth-order valence-corrected chi connectivity index (χ4v) is 4.74. The number of piperidine rings is 1. The first kappa shape index (κ1) is 25.5. The molecule has 1 saturated heterocycles. The second kappa shape index (κ2) is 11.4. The number of nitrogens with zero attached hydrogens (tertiary/aromatic N) is 2. The molecular formula is C28H27F3N2O3. The predicted molar refractivity (Wildman–Crippen MR) is 130 cm³/mol. The summed E-state index contributed by atoms with van der Waals surface area (Å²) in [5.41, 5.74) is 1.16. The van der Waals surface area contributed by atoms with Crippen LogP contribution in [0.25, 0.3) is 10.9 Å². The van der Waals surface area contributed by atoms with Crippen molar-refractivity contribution in [1.29, 1.82) is 0 Å². The number of aliphatic carboxylic acids is 1. The van der Waals surface area contributed by atoms with Crippen LogP contribution < -0.4 is 4.74 Å². The first-order valence-corrected chi connectivity index (χ1v) is 11.8. The van der Waals surface area contributed by atoms with Crippen molar-refractivity contribution in [2.75, 3.05) is 26.7 Å². The van der Waals surface area contributed by atoms with Gasteiger partial charge >= 0.3 is 5.97 Å². The van der Waals surface area contributed by atoms with Gasteiger partial charge in [0.05, 0.1) is 30.7 Å². The van der Waals surface area contributed by atoms with Gasteiger partial charge in [-0.15, -0.1) is 0 Å². The lowest BCUT2D eigenvalue weighted by atomic mass is 9.81. The van der Waals surface area contributed by atoms with Crippen LogP contribution in [0.1, 0.15) is 36.6 Å². The summed E-state index contributed by atoms with van der Waals surface area (Å²) >= 11 is 0. The molecule has 5 nitrogen and oxygen atoms in total. The topological polar surface area (TPSA) is 62.7 Å². The van der Waals surface area contributed by atoms with E-state index in [9.17, 15) is 18.7 Å². The maximum Gasteiger partial charge on any atom is 0.308 e. The van der Waals surface area contributed by atoms with E-state index in [-0.39, 0.29) is 31.0 Å². The van der Waals surface area contributed by atoms with Gasteiger partial charge in [0.25, 0.3) is 0 Å². The van der Waals surface area contributed by atoms with Crippen molar-refractivity contribution in [3.63, 3.8) is 0 Å². The Morgan fingerprint density at radius 2 is 2.08 bits per heavy atom. The third-order valence-corrected chi connectivity index (χ3v) is 6.72. The zero-order valence-electron chi connectivity index (χ0n) is 19.9. The van der Waals surface area contributed by atoms with Gasteiger partial charge in [-0.05, 0) is 79.8 Å². The van der Waals surface area contributed by atoms with Crippen molar-refractivity contribution < 1.29 is 27.8 Å². The number of fused-ring (bicyclic) bond motifs is 1. The summed E-state index contributed by atoms with van der Waals surface area (Å²) in [6.07, 6.45) is 1.53. The molecule has 3 atom stereocenters. The Bertz CT molecular complexity index is 1300. The molecule has 36 heavy (non-hydrogen) atoms. The minimum atomic E-state index is -1.26. The number of likely N-dealkylation sites (tertiary alicyclic amines) is 1. The summed E-state index contributed by atoms with van der Waals surface area (Å²) in [5.74, 6) is 3.11. The van der Waals surface area contributed by atoms with E-state index in [0.29, 0.717) is 41.6 Å². The van der Waals surface area contributed by atoms with Gasteiger partial charge in [-0.3, -0.25) is 14.7 Å². The first-order chi connectivity index (χ1) is 17.4. The maximum absolute atomic E-state index is 15.3. The number of methoxy groups -OCH3 is 1. The molecule has 8 heteroatoms. The standard InChI is InChI=1S/C28H27F3N2O3/c1-36-21-6-9-27-23(16-21)22(10-12-32-27)26(31)7-4-18-11-14-33(17-24(18)28(34)35)13-2-3-19-15-20(29)5-8-25(19)30/h5-6,8-10,12,15-16,18,24,26H,4,7,11,13-14,17H2,1H3,(H,34,35)/t18-,24+,26-/m1/s1. The molecule has 1 aliphatic rings. The molecule has 188 valence electrons. The van der Waals surface area contributed by atoms with Crippen molar-refractivity contribution in [2.45, 2.75) is 25.4 Å². The van der Waals surface area contributed by atoms with Gasteiger partial charge in [0.2, 0.25) is 0 Å². The average molecular weight is 497 g/mol. The quantitative estimate of drug-likeness (QED) is 0.445. The second-order valence-electron chi connectivity index (χ2n) is 8.98. The Balaban J connectivity index is 1.38. The lowest BCUT2D eigenvalue weighted by molar-refractivity contribution is -0.146. The highest BCUT2D eigenvalue weighted by molar-refractivity contribution is 5.83. The van der Waals surface area contributed by atoms with Crippen molar-refractivity contribution in [1.82, 2.24) is 9.88 Å². The Morgan fingerprint density at radius 3 is 2.86 bits per heavy atom. The molecule has 0 saturated carbocycles. The molecule has 1 aliphatic heterocycles. The zero-order valence-corrected chi connectivity index (χ0v) is 19.9. The van der Waals surface area contributed by atoms with Crippen LogP contribution in [-0.4, -0.2) is 47.7 Å². The van der Waals surface area contributed by atoms with Gasteiger partial charge in [-0.2, -0.15) is 0 Å². The number of carboxylic acid groups (broad SMARTS) is 1. The van der Waals surface area contributed by atoms with E-state index in [1.165, 1.54) is 0 Å². The van der Waals surface area contributed by atoms with Gasteiger partial charge in [0, 0.05) is 18.1 Å². The molecule has 3 aromatic rings. The van der Waals surface area contributed by atoms with E-state index in [1.54, 1.807) is 37.6 Å². The molecular weight excluding hydrogens is 469 g/mol. The number of benzene rings is 2. The highest BCUT2D eigenvalue weighted by Gasteiger charge is 2.34. The molecule has 0 spiro atoms. The number of rotatable bonds is 7. The van der Waals surface area contributed by atoms with Crippen molar-refractivity contribution >= 4 is 16.9 Å². The maximum atomic E-state index is 15.3. The van der Waals surface area contributed by atoms with Crippen LogP contribution in [0.3, 0.4) is 0 Å². The molecule has 2 aromatic carbocycles. The molecule has 0 radical (unpaired) electrons. The third-order valence-electron chi connectivity index (χ3n) is 6.72. The monoisotopic (exact) mass is 496 g/mol. The molecule has 1 N–H and O–H groups in total. The first-order valence-electron chi connectivity index (χ1n) is 11.8. The van der Waals surface area contributed by atoms with E-state index in [2.05, 4.69) is 16.8 Å². The summed E-state index contributed by atoms with van der Waals surface area (Å²) in [4.78, 5) is 18.2. The Labute approximate surface area is 207 Å². The summed E-state index contributed by atoms with van der Waals surface area (Å²) < 4.78 is 47.7. The van der Waals surface area contributed by atoms with Crippen LogP contribution in [0, 0.1) is 35.3 Å². The highest BCUT2D eigenvalue weighted by atomic mass is 19.1. The van der Waals surface area contributed by atoms with Gasteiger partial charge in [0.1, 0.15) is 23.6 Å². The fourth-order valence-electron chi connectivity index (χ4n) is 4.74. The predicted octanol–water partition coefficient (Wildman–Crippen LogP) is 5.39. The van der Waals surface area contributed by atoms with Crippen molar-refractivity contribution in [2.24, 2.45) is 11.8 Å². The number of halogens is 3. The zero-order chi connectivity index (χ0) is 25.7. The average Bonchev–Trinajstić information content (AvgIpc) is 2.88. The number of carbonyl (C=O) groups is 1. The van der Waals surface area contributed by atoms with E-state index in [4.69, 9.17) is 4.74 Å². The highest BCUT2D eigenvalue weighted by Crippen LogP contribution is 2.35. The second-order valence-corrected chi connectivity index (χ2v) is 8.98. The number of carboxylic acids is 1. The minimum absolute atomic E-state index is 0.0325. The molecule has 2 heterocycles. The van der Waals surface area contributed by atoms with Crippen LogP contribution in [0.2, 0.25) is 0 Å². The Morgan fingerprint density at radius 1 is 1.25 bits per heavy atom. The largest absolute Gasteiger partial charge is 0.497 e.